The number of aromatic nitrogens is 4. The van der Waals surface area contributed by atoms with Crippen LogP contribution in [0.2, 0.25) is 0 Å². The van der Waals surface area contributed by atoms with E-state index in [0.29, 0.717) is 5.82 Å². The highest BCUT2D eigenvalue weighted by atomic mass is 35.5. The molecule has 0 spiro atoms. The molecule has 1 fully saturated rings. The Hall–Kier alpha value is -1.99. The van der Waals surface area contributed by atoms with Crippen LogP contribution >= 0.6 is 12.4 Å². The van der Waals surface area contributed by atoms with Gasteiger partial charge in [-0.05, 0) is 25.1 Å². The number of nitrogens with one attached hydrogen (secondary N) is 2. The molecule has 0 radical (unpaired) electrons. The number of benzene rings is 1. The fourth-order valence-electron chi connectivity index (χ4n) is 2.31. The highest BCUT2D eigenvalue weighted by Crippen LogP contribution is 2.13. The van der Waals surface area contributed by atoms with Crippen LogP contribution in [0.25, 0.3) is 11.4 Å². The normalized spacial score (nSPS) is 17.0. The molecular weight excluding hydrogens is 304 g/mol. The van der Waals surface area contributed by atoms with Gasteiger partial charge in [-0.3, -0.25) is 4.79 Å². The number of carbonyl (C=O) groups excluding carboxylic acids is 1. The van der Waals surface area contributed by atoms with Crippen molar-refractivity contribution in [3.63, 3.8) is 0 Å². The zero-order valence-electron chi connectivity index (χ0n) is 12.3. The Kier molecular flexibility index (Phi) is 5.46. The highest BCUT2D eigenvalue weighted by Gasteiger charge is 2.17. The molecule has 1 aliphatic heterocycles. The molecular formula is C14H19ClN6O. The van der Waals surface area contributed by atoms with Gasteiger partial charge in [0.1, 0.15) is 6.54 Å². The number of aryl methyl sites for hydroxylation is 1. The van der Waals surface area contributed by atoms with Gasteiger partial charge in [0, 0.05) is 18.2 Å². The van der Waals surface area contributed by atoms with Crippen molar-refractivity contribution in [3.05, 3.63) is 29.8 Å². The van der Waals surface area contributed by atoms with Crippen LogP contribution in [0.3, 0.4) is 0 Å². The first-order valence-corrected chi connectivity index (χ1v) is 7.05. The number of rotatable bonds is 4. The van der Waals surface area contributed by atoms with Crippen molar-refractivity contribution in [1.29, 1.82) is 0 Å². The van der Waals surface area contributed by atoms with Crippen molar-refractivity contribution in [2.45, 2.75) is 25.9 Å². The maximum atomic E-state index is 11.9. The van der Waals surface area contributed by atoms with E-state index in [1.807, 2.05) is 31.2 Å². The highest BCUT2D eigenvalue weighted by molar-refractivity contribution is 5.85. The third-order valence-electron chi connectivity index (χ3n) is 3.47. The summed E-state index contributed by atoms with van der Waals surface area (Å²) in [6.07, 6.45) is 0.963. The topological polar surface area (TPSA) is 84.7 Å². The van der Waals surface area contributed by atoms with Crippen molar-refractivity contribution in [2.24, 2.45) is 0 Å². The van der Waals surface area contributed by atoms with Gasteiger partial charge in [0.2, 0.25) is 11.7 Å². The molecule has 1 unspecified atom stereocenters. The molecule has 22 heavy (non-hydrogen) atoms. The molecule has 1 amide bonds. The first-order valence-electron chi connectivity index (χ1n) is 7.05. The second-order valence-electron chi connectivity index (χ2n) is 5.27. The summed E-state index contributed by atoms with van der Waals surface area (Å²) in [5, 5.41) is 18.3. The Morgan fingerprint density at radius 3 is 2.86 bits per heavy atom. The van der Waals surface area contributed by atoms with E-state index in [0.717, 1.165) is 25.1 Å². The molecule has 1 saturated heterocycles. The molecule has 3 rings (SSSR count). The Labute approximate surface area is 134 Å². The number of hydrogen-bond acceptors (Lipinski definition) is 5. The smallest absolute Gasteiger partial charge is 0.243 e. The molecule has 2 N–H and O–H groups in total. The molecule has 0 saturated carbocycles. The van der Waals surface area contributed by atoms with Gasteiger partial charge in [-0.15, -0.1) is 22.6 Å². The van der Waals surface area contributed by atoms with Gasteiger partial charge < -0.3 is 10.6 Å². The van der Waals surface area contributed by atoms with E-state index >= 15 is 0 Å². The third-order valence-corrected chi connectivity index (χ3v) is 3.47. The molecule has 2 aromatic rings. The van der Waals surface area contributed by atoms with Gasteiger partial charge in [0.05, 0.1) is 0 Å². The summed E-state index contributed by atoms with van der Waals surface area (Å²) in [6.45, 7) is 3.89. The minimum atomic E-state index is -0.0865. The SMILES string of the molecule is Cc1ccc(-c2nnn(CC(=O)NC3CCNC3)n2)cc1.Cl. The number of tetrazole rings is 1. The molecule has 1 aliphatic rings. The molecule has 1 aromatic heterocycles. The van der Waals surface area contributed by atoms with Gasteiger partial charge >= 0.3 is 0 Å². The van der Waals surface area contributed by atoms with E-state index in [1.165, 1.54) is 10.4 Å². The Morgan fingerprint density at radius 2 is 2.18 bits per heavy atom. The fraction of sp³-hybridized carbons (Fsp3) is 0.429. The van der Waals surface area contributed by atoms with Crippen LogP contribution in [0.4, 0.5) is 0 Å². The average molecular weight is 323 g/mol. The summed E-state index contributed by atoms with van der Waals surface area (Å²) in [5.74, 6) is 0.446. The van der Waals surface area contributed by atoms with E-state index in [-0.39, 0.29) is 30.9 Å². The number of nitrogens with zero attached hydrogens (tertiary/aromatic N) is 4. The summed E-state index contributed by atoms with van der Waals surface area (Å²) in [7, 11) is 0. The summed E-state index contributed by atoms with van der Waals surface area (Å²) in [5.41, 5.74) is 2.07. The maximum Gasteiger partial charge on any atom is 0.243 e. The zero-order valence-corrected chi connectivity index (χ0v) is 13.1. The monoisotopic (exact) mass is 322 g/mol. The van der Waals surface area contributed by atoms with Crippen molar-refractivity contribution >= 4 is 18.3 Å². The maximum absolute atomic E-state index is 11.9. The van der Waals surface area contributed by atoms with E-state index in [2.05, 4.69) is 26.0 Å². The average Bonchev–Trinajstić information content (AvgIpc) is 3.11. The van der Waals surface area contributed by atoms with Crippen LogP contribution in [0, 0.1) is 6.92 Å². The van der Waals surface area contributed by atoms with Crippen molar-refractivity contribution in [1.82, 2.24) is 30.8 Å². The summed E-state index contributed by atoms with van der Waals surface area (Å²) in [4.78, 5) is 13.2. The standard InChI is InChI=1S/C14H18N6O.ClH/c1-10-2-4-11(5-3-10)14-17-19-20(18-14)9-13(21)16-12-6-7-15-8-12;/h2-5,12,15H,6-9H2,1H3,(H,16,21);1H. The van der Waals surface area contributed by atoms with E-state index in [1.54, 1.807) is 0 Å². The molecule has 8 heteroatoms. The Balaban J connectivity index is 0.00000176. The number of halogens is 1. The molecule has 0 aliphatic carbocycles. The lowest BCUT2D eigenvalue weighted by atomic mass is 10.1. The lowest BCUT2D eigenvalue weighted by Gasteiger charge is -2.10. The quantitative estimate of drug-likeness (QED) is 0.858. The molecule has 2 heterocycles. The van der Waals surface area contributed by atoms with Gasteiger partial charge in [-0.2, -0.15) is 4.80 Å². The van der Waals surface area contributed by atoms with E-state index in [9.17, 15) is 4.79 Å². The van der Waals surface area contributed by atoms with Crippen LogP contribution < -0.4 is 10.6 Å². The van der Waals surface area contributed by atoms with Crippen molar-refractivity contribution in [3.8, 4) is 11.4 Å². The van der Waals surface area contributed by atoms with Gasteiger partial charge in [0.15, 0.2) is 0 Å². The summed E-state index contributed by atoms with van der Waals surface area (Å²) < 4.78 is 0. The van der Waals surface area contributed by atoms with Crippen LogP contribution in [-0.4, -0.2) is 45.2 Å². The lowest BCUT2D eigenvalue weighted by molar-refractivity contribution is -0.122. The van der Waals surface area contributed by atoms with Gasteiger partial charge in [-0.25, -0.2) is 0 Å². The first-order chi connectivity index (χ1) is 10.2. The summed E-state index contributed by atoms with van der Waals surface area (Å²) >= 11 is 0. The van der Waals surface area contributed by atoms with E-state index in [4.69, 9.17) is 0 Å². The first kappa shape index (κ1) is 16.4. The van der Waals surface area contributed by atoms with Crippen LogP contribution in [0.15, 0.2) is 24.3 Å². The van der Waals surface area contributed by atoms with Crippen LogP contribution in [-0.2, 0) is 11.3 Å². The number of hydrogen-bond donors (Lipinski definition) is 2. The predicted octanol–water partition coefficient (Wildman–Crippen LogP) is 0.548. The largest absolute Gasteiger partial charge is 0.350 e. The molecule has 1 atom stereocenters. The van der Waals surface area contributed by atoms with Crippen LogP contribution in [0.1, 0.15) is 12.0 Å². The van der Waals surface area contributed by atoms with Crippen LogP contribution in [0.5, 0.6) is 0 Å². The minimum absolute atomic E-state index is 0. The number of amides is 1. The van der Waals surface area contributed by atoms with Crippen molar-refractivity contribution in [2.75, 3.05) is 13.1 Å². The zero-order chi connectivity index (χ0) is 14.7. The fourth-order valence-corrected chi connectivity index (χ4v) is 2.31. The third kappa shape index (κ3) is 4.02. The molecule has 0 bridgehead atoms. The lowest BCUT2D eigenvalue weighted by Crippen LogP contribution is -2.38. The predicted molar refractivity (Wildman–Crippen MR) is 84.7 cm³/mol. The van der Waals surface area contributed by atoms with Crippen molar-refractivity contribution < 1.29 is 4.79 Å². The second-order valence-corrected chi connectivity index (χ2v) is 5.27. The molecule has 7 nitrogen and oxygen atoms in total. The Bertz CT molecular complexity index is 621. The molecule has 118 valence electrons. The second kappa shape index (κ2) is 7.33. The van der Waals surface area contributed by atoms with Gasteiger partial charge in [-0.1, -0.05) is 29.8 Å². The number of carbonyl (C=O) groups is 1. The van der Waals surface area contributed by atoms with E-state index < -0.39 is 0 Å². The minimum Gasteiger partial charge on any atom is -0.350 e. The molecule has 1 aromatic carbocycles. The van der Waals surface area contributed by atoms with Gasteiger partial charge in [0.25, 0.3) is 0 Å². The summed E-state index contributed by atoms with van der Waals surface area (Å²) in [6, 6.07) is 8.09. The Morgan fingerprint density at radius 1 is 1.41 bits per heavy atom.